The van der Waals surface area contributed by atoms with Crippen molar-refractivity contribution in [1.82, 2.24) is 25.4 Å². The van der Waals surface area contributed by atoms with Crippen LogP contribution in [0.4, 0.5) is 22.4 Å². The largest absolute Gasteiger partial charge is 0.573 e. The first-order valence-corrected chi connectivity index (χ1v) is 13.1. The lowest BCUT2D eigenvalue weighted by molar-refractivity contribution is -0.274. The van der Waals surface area contributed by atoms with Crippen molar-refractivity contribution in [2.75, 3.05) is 6.54 Å². The van der Waals surface area contributed by atoms with E-state index in [9.17, 15) is 22.4 Å². The summed E-state index contributed by atoms with van der Waals surface area (Å²) in [4.78, 5) is 16.8. The van der Waals surface area contributed by atoms with Crippen molar-refractivity contribution in [2.24, 2.45) is 0 Å². The highest BCUT2D eigenvalue weighted by atomic mass is 32.1. The number of rotatable bonds is 9. The molecule has 0 unspecified atom stereocenters. The number of nitrogens with one attached hydrogen (secondary N) is 2. The molecule has 0 saturated carbocycles. The van der Waals surface area contributed by atoms with Gasteiger partial charge in [0.2, 0.25) is 0 Å². The maximum absolute atomic E-state index is 13.6. The number of carbonyl (C=O) groups is 1. The monoisotopic (exact) mass is 585 g/mol. The second kappa shape index (κ2) is 12.9. The van der Waals surface area contributed by atoms with Crippen LogP contribution in [0, 0.1) is 5.82 Å². The van der Waals surface area contributed by atoms with E-state index in [4.69, 9.17) is 12.2 Å². The highest BCUT2D eigenvalue weighted by Crippen LogP contribution is 2.24. The second-order valence-electron chi connectivity index (χ2n) is 9.45. The topological polar surface area (TPSA) is 81.1 Å². The molecule has 41 heavy (non-hydrogen) atoms. The number of halogens is 4. The molecule has 0 saturated heterocycles. The van der Waals surface area contributed by atoms with Crippen LogP contribution in [0.2, 0.25) is 0 Å². The van der Waals surface area contributed by atoms with Gasteiger partial charge in [0.05, 0.1) is 5.69 Å². The number of nitrogens with zero attached hydrogens (tertiary/aromatic N) is 3. The predicted molar refractivity (Wildman–Crippen MR) is 151 cm³/mol. The first-order chi connectivity index (χ1) is 19.5. The van der Waals surface area contributed by atoms with Crippen molar-refractivity contribution in [3.05, 3.63) is 95.6 Å². The maximum atomic E-state index is 13.6. The molecule has 0 aliphatic heterocycles. The number of hydrogen-bond donors (Lipinski definition) is 2. The maximum Gasteiger partial charge on any atom is 0.573 e. The Hall–Kier alpha value is -4.32. The van der Waals surface area contributed by atoms with Gasteiger partial charge in [-0.05, 0) is 72.4 Å². The quantitative estimate of drug-likeness (QED) is 0.130. The highest BCUT2D eigenvalue weighted by Gasteiger charge is 2.31. The van der Waals surface area contributed by atoms with Crippen molar-refractivity contribution in [2.45, 2.75) is 39.0 Å². The van der Waals surface area contributed by atoms with Gasteiger partial charge in [-0.1, -0.05) is 50.3 Å². The zero-order chi connectivity index (χ0) is 29.6. The predicted octanol–water partition coefficient (Wildman–Crippen LogP) is 6.70. The Balaban J connectivity index is 1.24. The van der Waals surface area contributed by atoms with Crippen LogP contribution >= 0.6 is 12.2 Å². The molecule has 12 heteroatoms. The van der Waals surface area contributed by atoms with E-state index in [1.807, 2.05) is 38.1 Å². The number of thiocarbonyl (C=S) groups is 1. The van der Waals surface area contributed by atoms with Crippen molar-refractivity contribution < 1.29 is 27.1 Å². The SMILES string of the molecule is CC(C)c1cc(F)ccc1C(=S)NC(=O)NCCCc1ccc(-c2ncn(-c3ccc(OC(F)(F)F)cc3)n2)cc1. The van der Waals surface area contributed by atoms with E-state index >= 15 is 0 Å². The molecule has 3 aromatic carbocycles. The number of amides is 2. The first-order valence-electron chi connectivity index (χ1n) is 12.7. The highest BCUT2D eigenvalue weighted by molar-refractivity contribution is 7.80. The van der Waals surface area contributed by atoms with Gasteiger partial charge in [-0.15, -0.1) is 18.3 Å². The molecule has 2 N–H and O–H groups in total. The molecule has 0 radical (unpaired) electrons. The number of alkyl halides is 3. The van der Waals surface area contributed by atoms with Crippen LogP contribution in [0.15, 0.2) is 73.1 Å². The third kappa shape index (κ3) is 8.34. The molecule has 1 aromatic heterocycles. The van der Waals surface area contributed by atoms with Crippen LogP contribution in [-0.2, 0) is 6.42 Å². The summed E-state index contributed by atoms with van der Waals surface area (Å²) in [5.74, 6) is -0.162. The minimum atomic E-state index is -4.75. The van der Waals surface area contributed by atoms with Crippen molar-refractivity contribution in [3.8, 4) is 22.8 Å². The van der Waals surface area contributed by atoms with Crippen LogP contribution in [-0.4, -0.2) is 38.7 Å². The fourth-order valence-electron chi connectivity index (χ4n) is 4.07. The van der Waals surface area contributed by atoms with E-state index in [1.54, 1.807) is 6.07 Å². The number of benzene rings is 3. The van der Waals surface area contributed by atoms with Crippen molar-refractivity contribution in [3.63, 3.8) is 0 Å². The lowest BCUT2D eigenvalue weighted by Gasteiger charge is -2.15. The fourth-order valence-corrected chi connectivity index (χ4v) is 4.35. The molecule has 214 valence electrons. The molecule has 7 nitrogen and oxygen atoms in total. The molecule has 0 spiro atoms. The lowest BCUT2D eigenvalue weighted by Crippen LogP contribution is -2.39. The van der Waals surface area contributed by atoms with E-state index in [2.05, 4.69) is 25.5 Å². The molecule has 0 aliphatic carbocycles. The number of urea groups is 1. The van der Waals surface area contributed by atoms with Crippen LogP contribution in [0.25, 0.3) is 17.1 Å². The molecule has 2 amide bonds. The minimum absolute atomic E-state index is 0.0453. The summed E-state index contributed by atoms with van der Waals surface area (Å²) in [5.41, 5.74) is 3.72. The van der Waals surface area contributed by atoms with Crippen LogP contribution in [0.3, 0.4) is 0 Å². The van der Waals surface area contributed by atoms with Gasteiger partial charge in [0.15, 0.2) is 5.82 Å². The average molecular weight is 586 g/mol. The standard InChI is InChI=1S/C29H27F4N5O2S/c1-18(2)25-16-21(30)9-14-24(25)27(41)36-28(39)34-15-3-4-19-5-7-20(8-6-19)26-35-17-38(37-26)22-10-12-23(13-11-22)40-29(31,32)33/h5-14,16-18H,3-4,15H2,1-2H3,(H2,34,36,39,41). The summed E-state index contributed by atoms with van der Waals surface area (Å²) in [5, 5.41) is 9.84. The van der Waals surface area contributed by atoms with E-state index in [0.29, 0.717) is 36.5 Å². The Morgan fingerprint density at radius 2 is 1.76 bits per heavy atom. The third-order valence-electron chi connectivity index (χ3n) is 6.07. The summed E-state index contributed by atoms with van der Waals surface area (Å²) in [6.07, 6.45) is -1.87. The molecule has 1 heterocycles. The smallest absolute Gasteiger partial charge is 0.406 e. The normalized spacial score (nSPS) is 11.4. The van der Waals surface area contributed by atoms with Gasteiger partial charge >= 0.3 is 12.4 Å². The van der Waals surface area contributed by atoms with E-state index in [-0.39, 0.29) is 22.5 Å². The van der Waals surface area contributed by atoms with Gasteiger partial charge in [0.25, 0.3) is 0 Å². The summed E-state index contributed by atoms with van der Waals surface area (Å²) >= 11 is 5.36. The van der Waals surface area contributed by atoms with E-state index in [0.717, 1.165) is 16.7 Å². The average Bonchev–Trinajstić information content (AvgIpc) is 3.41. The molecule has 0 fully saturated rings. The van der Waals surface area contributed by atoms with E-state index in [1.165, 1.54) is 47.4 Å². The van der Waals surface area contributed by atoms with Crippen LogP contribution < -0.4 is 15.4 Å². The number of aryl methyl sites for hydroxylation is 1. The molecular formula is C29H27F4N5O2S. The lowest BCUT2D eigenvalue weighted by atomic mass is 9.97. The number of aromatic nitrogens is 3. The van der Waals surface area contributed by atoms with E-state index < -0.39 is 12.4 Å². The molecular weight excluding hydrogens is 558 g/mol. The van der Waals surface area contributed by atoms with Gasteiger partial charge in [-0.25, -0.2) is 18.9 Å². The summed E-state index contributed by atoms with van der Waals surface area (Å²) in [7, 11) is 0. The second-order valence-corrected chi connectivity index (χ2v) is 9.86. The Labute approximate surface area is 239 Å². The summed E-state index contributed by atoms with van der Waals surface area (Å²) in [6.45, 7) is 4.29. The molecule has 0 aliphatic rings. The van der Waals surface area contributed by atoms with Gasteiger partial charge in [-0.2, -0.15) is 0 Å². The number of carbonyl (C=O) groups excluding carboxylic acids is 1. The zero-order valence-electron chi connectivity index (χ0n) is 22.2. The molecule has 0 atom stereocenters. The van der Waals surface area contributed by atoms with Crippen LogP contribution in [0.1, 0.15) is 42.9 Å². The number of ether oxygens (including phenoxy) is 1. The molecule has 0 bridgehead atoms. The number of hydrogen-bond acceptors (Lipinski definition) is 5. The van der Waals surface area contributed by atoms with Gasteiger partial charge in [-0.3, -0.25) is 5.32 Å². The minimum Gasteiger partial charge on any atom is -0.406 e. The van der Waals surface area contributed by atoms with Gasteiger partial charge in [0.1, 0.15) is 22.9 Å². The molecule has 4 aromatic rings. The van der Waals surface area contributed by atoms with Crippen molar-refractivity contribution >= 4 is 23.2 Å². The first kappa shape index (κ1) is 29.7. The molecule has 4 rings (SSSR count). The Morgan fingerprint density at radius 3 is 2.41 bits per heavy atom. The van der Waals surface area contributed by atoms with Gasteiger partial charge in [0, 0.05) is 17.7 Å². The Bertz CT molecular complexity index is 1500. The Kier molecular flexibility index (Phi) is 9.33. The van der Waals surface area contributed by atoms with Crippen molar-refractivity contribution in [1.29, 1.82) is 0 Å². The Morgan fingerprint density at radius 1 is 1.05 bits per heavy atom. The van der Waals surface area contributed by atoms with Gasteiger partial charge < -0.3 is 10.1 Å². The summed E-state index contributed by atoms with van der Waals surface area (Å²) in [6, 6.07) is 16.9. The van der Waals surface area contributed by atoms with Crippen LogP contribution in [0.5, 0.6) is 5.75 Å². The fraction of sp³-hybridized carbons (Fsp3) is 0.241. The third-order valence-corrected chi connectivity index (χ3v) is 6.40. The summed E-state index contributed by atoms with van der Waals surface area (Å²) < 4.78 is 56.0. The zero-order valence-corrected chi connectivity index (χ0v) is 23.0.